The van der Waals surface area contributed by atoms with Gasteiger partial charge in [-0.05, 0) is 49.2 Å². The standard InChI is InChI=1S/C24H23N5O/c1-16-7-6-8-17(2)22(16)27-21(30)15-29(3)24-19-9-4-5-10-20(19)26-23(28-24)18-11-13-25-14-12-18/h4-14H,15H2,1-3H3,(H,27,30). The summed E-state index contributed by atoms with van der Waals surface area (Å²) in [6, 6.07) is 17.5. The minimum atomic E-state index is -0.0944. The molecule has 0 saturated heterocycles. The van der Waals surface area contributed by atoms with Crippen LogP contribution in [0.5, 0.6) is 0 Å². The normalized spacial score (nSPS) is 10.8. The molecule has 0 bridgehead atoms. The maximum atomic E-state index is 12.8. The van der Waals surface area contributed by atoms with Gasteiger partial charge in [0, 0.05) is 36.1 Å². The molecule has 0 aliphatic heterocycles. The number of nitrogens with one attached hydrogen (secondary N) is 1. The number of para-hydroxylation sites is 2. The molecule has 0 radical (unpaired) electrons. The number of anilines is 2. The van der Waals surface area contributed by atoms with Gasteiger partial charge in [-0.25, -0.2) is 9.97 Å². The van der Waals surface area contributed by atoms with Gasteiger partial charge in [-0.2, -0.15) is 0 Å². The van der Waals surface area contributed by atoms with Crippen molar-refractivity contribution in [1.82, 2.24) is 15.0 Å². The van der Waals surface area contributed by atoms with Crippen LogP contribution in [0, 0.1) is 13.8 Å². The second-order valence-electron chi connectivity index (χ2n) is 7.29. The summed E-state index contributed by atoms with van der Waals surface area (Å²) >= 11 is 0. The highest BCUT2D eigenvalue weighted by molar-refractivity contribution is 5.97. The molecule has 6 heteroatoms. The van der Waals surface area contributed by atoms with Gasteiger partial charge in [0.1, 0.15) is 5.82 Å². The third kappa shape index (κ3) is 3.98. The first-order chi connectivity index (χ1) is 14.5. The molecule has 0 spiro atoms. The van der Waals surface area contributed by atoms with Crippen molar-refractivity contribution >= 4 is 28.3 Å². The fourth-order valence-electron chi connectivity index (χ4n) is 3.46. The number of carbonyl (C=O) groups excluding carboxylic acids is 1. The van der Waals surface area contributed by atoms with E-state index in [2.05, 4.69) is 10.3 Å². The van der Waals surface area contributed by atoms with E-state index in [0.29, 0.717) is 11.6 Å². The van der Waals surface area contributed by atoms with Crippen LogP contribution in [0.4, 0.5) is 11.5 Å². The lowest BCUT2D eigenvalue weighted by atomic mass is 10.1. The first-order valence-corrected chi connectivity index (χ1v) is 9.77. The van der Waals surface area contributed by atoms with E-state index in [-0.39, 0.29) is 12.5 Å². The molecule has 0 unspecified atom stereocenters. The molecule has 4 aromatic rings. The Hall–Kier alpha value is -3.80. The molecule has 0 atom stereocenters. The van der Waals surface area contributed by atoms with Crippen molar-refractivity contribution in [2.45, 2.75) is 13.8 Å². The van der Waals surface area contributed by atoms with Crippen LogP contribution in [0.25, 0.3) is 22.3 Å². The molecule has 4 rings (SSSR count). The second kappa shape index (κ2) is 8.29. The SMILES string of the molecule is Cc1cccc(C)c1NC(=O)CN(C)c1nc(-c2ccncc2)nc2ccccc12. The lowest BCUT2D eigenvalue weighted by Crippen LogP contribution is -2.31. The number of rotatable bonds is 5. The highest BCUT2D eigenvalue weighted by atomic mass is 16.2. The fraction of sp³-hybridized carbons (Fsp3) is 0.167. The maximum Gasteiger partial charge on any atom is 0.243 e. The monoisotopic (exact) mass is 397 g/mol. The van der Waals surface area contributed by atoms with E-state index in [1.165, 1.54) is 0 Å². The number of hydrogen-bond donors (Lipinski definition) is 1. The van der Waals surface area contributed by atoms with Crippen molar-refractivity contribution in [3.8, 4) is 11.4 Å². The topological polar surface area (TPSA) is 71.0 Å². The van der Waals surface area contributed by atoms with Crippen LogP contribution in [0.2, 0.25) is 0 Å². The zero-order valence-electron chi connectivity index (χ0n) is 17.3. The minimum Gasteiger partial charge on any atom is -0.350 e. The second-order valence-corrected chi connectivity index (χ2v) is 7.29. The number of nitrogens with zero attached hydrogens (tertiary/aromatic N) is 4. The molecule has 0 saturated carbocycles. The predicted octanol–water partition coefficient (Wildman–Crippen LogP) is 4.38. The molecule has 1 amide bonds. The number of benzene rings is 2. The van der Waals surface area contributed by atoms with Crippen LogP contribution in [0.3, 0.4) is 0 Å². The summed E-state index contributed by atoms with van der Waals surface area (Å²) < 4.78 is 0. The Balaban J connectivity index is 1.65. The minimum absolute atomic E-state index is 0.0944. The van der Waals surface area contributed by atoms with E-state index in [9.17, 15) is 4.79 Å². The zero-order valence-corrected chi connectivity index (χ0v) is 17.3. The molecule has 150 valence electrons. The Morgan fingerprint density at radius 3 is 2.37 bits per heavy atom. The van der Waals surface area contributed by atoms with Gasteiger partial charge >= 0.3 is 0 Å². The first-order valence-electron chi connectivity index (χ1n) is 9.77. The Morgan fingerprint density at radius 2 is 1.63 bits per heavy atom. The Kier molecular flexibility index (Phi) is 5.39. The van der Waals surface area contributed by atoms with Crippen molar-refractivity contribution in [1.29, 1.82) is 0 Å². The summed E-state index contributed by atoms with van der Waals surface area (Å²) in [6.45, 7) is 4.15. The summed E-state index contributed by atoms with van der Waals surface area (Å²) in [4.78, 5) is 28.2. The number of hydrogen-bond acceptors (Lipinski definition) is 5. The Labute approximate surface area is 175 Å². The van der Waals surface area contributed by atoms with Gasteiger partial charge in [0.2, 0.25) is 5.91 Å². The smallest absolute Gasteiger partial charge is 0.243 e. The molecule has 30 heavy (non-hydrogen) atoms. The van der Waals surface area contributed by atoms with Crippen LogP contribution in [0.1, 0.15) is 11.1 Å². The molecule has 1 N–H and O–H groups in total. The number of carbonyl (C=O) groups is 1. The third-order valence-corrected chi connectivity index (χ3v) is 5.01. The number of likely N-dealkylation sites (N-methyl/N-ethyl adjacent to an activating group) is 1. The van der Waals surface area contributed by atoms with E-state index >= 15 is 0 Å². The van der Waals surface area contributed by atoms with E-state index in [0.717, 1.165) is 33.3 Å². The number of fused-ring (bicyclic) bond motifs is 1. The van der Waals surface area contributed by atoms with Crippen LogP contribution in [-0.4, -0.2) is 34.5 Å². The van der Waals surface area contributed by atoms with Crippen molar-refractivity contribution in [3.63, 3.8) is 0 Å². The van der Waals surface area contributed by atoms with E-state index < -0.39 is 0 Å². The van der Waals surface area contributed by atoms with Crippen LogP contribution < -0.4 is 10.2 Å². The molecule has 0 aliphatic carbocycles. The summed E-state index contributed by atoms with van der Waals surface area (Å²) in [5.74, 6) is 1.22. The van der Waals surface area contributed by atoms with Gasteiger partial charge < -0.3 is 10.2 Å². The van der Waals surface area contributed by atoms with E-state index in [4.69, 9.17) is 9.97 Å². The highest BCUT2D eigenvalue weighted by Gasteiger charge is 2.16. The summed E-state index contributed by atoms with van der Waals surface area (Å²) in [5.41, 5.74) is 4.65. The average Bonchev–Trinajstić information content (AvgIpc) is 2.76. The van der Waals surface area contributed by atoms with Gasteiger partial charge in [0.15, 0.2) is 5.82 Å². The Morgan fingerprint density at radius 1 is 0.933 bits per heavy atom. The van der Waals surface area contributed by atoms with Gasteiger partial charge in [0.05, 0.1) is 12.1 Å². The van der Waals surface area contributed by atoms with Crippen molar-refractivity contribution in [2.75, 3.05) is 23.8 Å². The first kappa shape index (κ1) is 19.5. The largest absolute Gasteiger partial charge is 0.350 e. The summed E-state index contributed by atoms with van der Waals surface area (Å²) in [7, 11) is 1.87. The molecule has 0 aliphatic rings. The van der Waals surface area contributed by atoms with Crippen molar-refractivity contribution in [3.05, 3.63) is 78.1 Å². The molecule has 2 aromatic heterocycles. The van der Waals surface area contributed by atoms with Gasteiger partial charge in [0.25, 0.3) is 0 Å². The number of amides is 1. The Bertz CT molecular complexity index is 1190. The van der Waals surface area contributed by atoms with Crippen molar-refractivity contribution in [2.24, 2.45) is 0 Å². The van der Waals surface area contributed by atoms with Crippen LogP contribution in [0.15, 0.2) is 67.0 Å². The van der Waals surface area contributed by atoms with E-state index in [1.54, 1.807) is 12.4 Å². The lowest BCUT2D eigenvalue weighted by molar-refractivity contribution is -0.114. The highest BCUT2D eigenvalue weighted by Crippen LogP contribution is 2.27. The van der Waals surface area contributed by atoms with Gasteiger partial charge in [-0.1, -0.05) is 30.3 Å². The molecule has 6 nitrogen and oxygen atoms in total. The number of aromatic nitrogens is 3. The molecular weight excluding hydrogens is 374 g/mol. The summed E-state index contributed by atoms with van der Waals surface area (Å²) in [5, 5.41) is 3.94. The summed E-state index contributed by atoms with van der Waals surface area (Å²) in [6.07, 6.45) is 3.44. The molecule has 2 heterocycles. The van der Waals surface area contributed by atoms with Gasteiger partial charge in [-0.3, -0.25) is 9.78 Å². The number of pyridine rings is 1. The molecule has 2 aromatic carbocycles. The quantitative estimate of drug-likeness (QED) is 0.541. The third-order valence-electron chi connectivity index (χ3n) is 5.01. The average molecular weight is 397 g/mol. The molecular formula is C24H23N5O. The maximum absolute atomic E-state index is 12.8. The molecule has 0 fully saturated rings. The predicted molar refractivity (Wildman–Crippen MR) is 121 cm³/mol. The van der Waals surface area contributed by atoms with Crippen molar-refractivity contribution < 1.29 is 4.79 Å². The van der Waals surface area contributed by atoms with E-state index in [1.807, 2.05) is 80.4 Å². The van der Waals surface area contributed by atoms with Gasteiger partial charge in [-0.15, -0.1) is 0 Å². The number of aryl methyl sites for hydroxylation is 2. The fourth-order valence-corrected chi connectivity index (χ4v) is 3.46. The van der Waals surface area contributed by atoms with Crippen LogP contribution >= 0.6 is 0 Å². The van der Waals surface area contributed by atoms with Crippen LogP contribution in [-0.2, 0) is 4.79 Å². The lowest BCUT2D eigenvalue weighted by Gasteiger charge is -2.21. The zero-order chi connectivity index (χ0) is 21.1.